The number of hydrogen-bond acceptors (Lipinski definition) is 3. The minimum absolute atomic E-state index is 0.245. The second-order valence-electron chi connectivity index (χ2n) is 5.29. The molecule has 1 aromatic rings. The van der Waals surface area contributed by atoms with Crippen molar-refractivity contribution in [2.45, 2.75) is 26.0 Å². The summed E-state index contributed by atoms with van der Waals surface area (Å²) in [5.74, 6) is 5.30. The molecule has 0 amide bonds. The Balaban J connectivity index is 2.88. The van der Waals surface area contributed by atoms with Crippen molar-refractivity contribution in [1.29, 1.82) is 0 Å². The molecule has 0 aliphatic heterocycles. The lowest BCUT2D eigenvalue weighted by atomic mass is 10.1. The third-order valence-electron chi connectivity index (χ3n) is 2.49. The van der Waals surface area contributed by atoms with E-state index in [1.54, 1.807) is 19.9 Å². The zero-order valence-electron chi connectivity index (χ0n) is 11.7. The molecule has 0 heterocycles. The summed E-state index contributed by atoms with van der Waals surface area (Å²) in [4.78, 5) is 1.97. The normalized spacial score (nSPS) is 11.3. The first-order chi connectivity index (χ1) is 8.81. The molecule has 19 heavy (non-hydrogen) atoms. The number of likely N-dealkylation sites (N-methyl/N-ethyl adjacent to an activating group) is 1. The van der Waals surface area contributed by atoms with Crippen molar-refractivity contribution >= 4 is 0 Å². The number of halogens is 1. The van der Waals surface area contributed by atoms with E-state index in [1.807, 2.05) is 11.9 Å². The minimum atomic E-state index is -0.766. The molecular formula is C15H21FN2O. The van der Waals surface area contributed by atoms with Gasteiger partial charge in [0, 0.05) is 18.7 Å². The van der Waals surface area contributed by atoms with Crippen molar-refractivity contribution < 1.29 is 9.50 Å². The lowest BCUT2D eigenvalue weighted by Crippen LogP contribution is -2.35. The minimum Gasteiger partial charge on any atom is -0.389 e. The number of aliphatic hydroxyl groups is 1. The molecule has 3 nitrogen and oxygen atoms in total. The summed E-state index contributed by atoms with van der Waals surface area (Å²) in [6.45, 7) is 4.87. The van der Waals surface area contributed by atoms with E-state index in [2.05, 4.69) is 11.8 Å². The van der Waals surface area contributed by atoms with E-state index >= 15 is 0 Å². The number of nitrogens with two attached hydrogens (primary N) is 1. The molecule has 0 spiro atoms. The summed E-state index contributed by atoms with van der Waals surface area (Å²) >= 11 is 0. The van der Waals surface area contributed by atoms with Crippen LogP contribution in [-0.2, 0) is 6.54 Å². The molecule has 0 unspecified atom stereocenters. The average molecular weight is 264 g/mol. The van der Waals surface area contributed by atoms with Gasteiger partial charge in [0.15, 0.2) is 0 Å². The van der Waals surface area contributed by atoms with Gasteiger partial charge in [0.1, 0.15) is 5.82 Å². The SMILES string of the molecule is CN(Cc1ccc(F)cc1C#CCN)CC(C)(C)O. The van der Waals surface area contributed by atoms with Gasteiger partial charge in [-0.1, -0.05) is 17.9 Å². The highest BCUT2D eigenvalue weighted by molar-refractivity contribution is 5.41. The Kier molecular flexibility index (Phi) is 5.49. The first-order valence-corrected chi connectivity index (χ1v) is 6.20. The van der Waals surface area contributed by atoms with Crippen LogP contribution in [0, 0.1) is 17.7 Å². The van der Waals surface area contributed by atoms with Gasteiger partial charge < -0.3 is 10.8 Å². The first-order valence-electron chi connectivity index (χ1n) is 6.20. The second-order valence-corrected chi connectivity index (χ2v) is 5.29. The maximum absolute atomic E-state index is 13.2. The van der Waals surface area contributed by atoms with E-state index in [-0.39, 0.29) is 12.4 Å². The molecule has 0 saturated carbocycles. The van der Waals surface area contributed by atoms with Crippen LogP contribution < -0.4 is 5.73 Å². The maximum atomic E-state index is 13.2. The van der Waals surface area contributed by atoms with Crippen LogP contribution in [0.2, 0.25) is 0 Å². The molecule has 104 valence electrons. The fraction of sp³-hybridized carbons (Fsp3) is 0.467. The van der Waals surface area contributed by atoms with Crippen LogP contribution in [-0.4, -0.2) is 35.7 Å². The average Bonchev–Trinajstić information content (AvgIpc) is 2.27. The summed E-state index contributed by atoms with van der Waals surface area (Å²) in [5, 5.41) is 9.77. The van der Waals surface area contributed by atoms with Crippen LogP contribution in [0.15, 0.2) is 18.2 Å². The van der Waals surface area contributed by atoms with E-state index in [9.17, 15) is 9.50 Å². The Morgan fingerprint density at radius 1 is 1.42 bits per heavy atom. The van der Waals surface area contributed by atoms with Gasteiger partial charge in [-0.3, -0.25) is 4.90 Å². The quantitative estimate of drug-likeness (QED) is 0.807. The third-order valence-corrected chi connectivity index (χ3v) is 2.49. The van der Waals surface area contributed by atoms with E-state index in [1.165, 1.54) is 12.1 Å². The Morgan fingerprint density at radius 3 is 2.68 bits per heavy atom. The lowest BCUT2D eigenvalue weighted by molar-refractivity contribution is 0.0424. The maximum Gasteiger partial charge on any atom is 0.124 e. The monoisotopic (exact) mass is 264 g/mol. The molecule has 0 atom stereocenters. The molecule has 4 heteroatoms. The van der Waals surface area contributed by atoms with E-state index < -0.39 is 5.60 Å². The summed E-state index contributed by atoms with van der Waals surface area (Å²) in [7, 11) is 1.90. The molecular weight excluding hydrogens is 243 g/mol. The van der Waals surface area contributed by atoms with Crippen LogP contribution in [0.4, 0.5) is 4.39 Å². The molecule has 0 aliphatic carbocycles. The van der Waals surface area contributed by atoms with Crippen LogP contribution >= 0.6 is 0 Å². The highest BCUT2D eigenvalue weighted by Crippen LogP contribution is 2.14. The Hall–Kier alpha value is -1.41. The van der Waals surface area contributed by atoms with Gasteiger partial charge in [-0.2, -0.15) is 0 Å². The van der Waals surface area contributed by atoms with Gasteiger partial charge in [-0.25, -0.2) is 4.39 Å². The van der Waals surface area contributed by atoms with E-state index in [0.29, 0.717) is 18.7 Å². The molecule has 0 aromatic heterocycles. The van der Waals surface area contributed by atoms with E-state index in [0.717, 1.165) is 5.56 Å². The zero-order chi connectivity index (χ0) is 14.5. The smallest absolute Gasteiger partial charge is 0.124 e. The van der Waals surface area contributed by atoms with Gasteiger partial charge in [-0.05, 0) is 38.6 Å². The predicted molar refractivity (Wildman–Crippen MR) is 75.0 cm³/mol. The van der Waals surface area contributed by atoms with Crippen molar-refractivity contribution in [2.75, 3.05) is 20.1 Å². The predicted octanol–water partition coefficient (Wildman–Crippen LogP) is 1.34. The molecule has 0 bridgehead atoms. The fourth-order valence-corrected chi connectivity index (χ4v) is 1.96. The van der Waals surface area contributed by atoms with Gasteiger partial charge in [0.2, 0.25) is 0 Å². The molecule has 0 aliphatic rings. The van der Waals surface area contributed by atoms with Crippen molar-refractivity contribution in [3.05, 3.63) is 35.1 Å². The standard InChI is InChI=1S/C15H21FN2O/c1-15(2,19)11-18(3)10-13-6-7-14(16)9-12(13)5-4-8-17/h6-7,9,19H,8,10-11,17H2,1-3H3. The molecule has 1 rings (SSSR count). The zero-order valence-corrected chi connectivity index (χ0v) is 11.7. The Bertz CT molecular complexity index is 483. The molecule has 0 fully saturated rings. The van der Waals surface area contributed by atoms with Crippen molar-refractivity contribution in [3.63, 3.8) is 0 Å². The highest BCUT2D eigenvalue weighted by Gasteiger charge is 2.16. The summed E-state index contributed by atoms with van der Waals surface area (Å²) in [5.41, 5.74) is 6.14. The van der Waals surface area contributed by atoms with Crippen molar-refractivity contribution in [1.82, 2.24) is 4.90 Å². The fourth-order valence-electron chi connectivity index (χ4n) is 1.96. The summed E-state index contributed by atoms with van der Waals surface area (Å²) in [6.07, 6.45) is 0. The van der Waals surface area contributed by atoms with Crippen LogP contribution in [0.3, 0.4) is 0 Å². The summed E-state index contributed by atoms with van der Waals surface area (Å²) in [6, 6.07) is 4.55. The van der Waals surface area contributed by atoms with E-state index in [4.69, 9.17) is 5.73 Å². The molecule has 3 N–H and O–H groups in total. The first kappa shape index (κ1) is 15.6. The molecule has 1 aromatic carbocycles. The number of nitrogens with zero attached hydrogens (tertiary/aromatic N) is 1. The van der Waals surface area contributed by atoms with Crippen LogP contribution in [0.25, 0.3) is 0 Å². The number of rotatable bonds is 4. The summed E-state index contributed by atoms with van der Waals surface area (Å²) < 4.78 is 13.2. The Labute approximate surface area is 114 Å². The van der Waals surface area contributed by atoms with Crippen LogP contribution in [0.5, 0.6) is 0 Å². The van der Waals surface area contributed by atoms with Crippen molar-refractivity contribution in [2.24, 2.45) is 5.73 Å². The second kappa shape index (κ2) is 6.67. The van der Waals surface area contributed by atoms with Gasteiger partial charge in [-0.15, -0.1) is 0 Å². The number of hydrogen-bond donors (Lipinski definition) is 2. The Morgan fingerprint density at radius 2 is 2.11 bits per heavy atom. The van der Waals surface area contributed by atoms with Gasteiger partial charge in [0.05, 0.1) is 12.1 Å². The number of benzene rings is 1. The highest BCUT2D eigenvalue weighted by atomic mass is 19.1. The topological polar surface area (TPSA) is 49.5 Å². The largest absolute Gasteiger partial charge is 0.389 e. The molecule has 0 saturated heterocycles. The van der Waals surface area contributed by atoms with Gasteiger partial charge >= 0.3 is 0 Å². The van der Waals surface area contributed by atoms with Crippen molar-refractivity contribution in [3.8, 4) is 11.8 Å². The molecule has 0 radical (unpaired) electrons. The lowest BCUT2D eigenvalue weighted by Gasteiger charge is -2.25. The third kappa shape index (κ3) is 5.84. The van der Waals surface area contributed by atoms with Crippen LogP contribution in [0.1, 0.15) is 25.0 Å². The van der Waals surface area contributed by atoms with Gasteiger partial charge in [0.25, 0.3) is 0 Å².